The Morgan fingerprint density at radius 1 is 1.40 bits per heavy atom. The summed E-state index contributed by atoms with van der Waals surface area (Å²) >= 11 is 0. The number of hydrogen-bond donors (Lipinski definition) is 0. The molecule has 0 N–H and O–H groups in total. The monoisotopic (exact) mass is 341 g/mol. The van der Waals surface area contributed by atoms with Gasteiger partial charge in [0.05, 0.1) is 13.3 Å². The van der Waals surface area contributed by atoms with Crippen molar-refractivity contribution in [2.45, 2.75) is 19.4 Å². The molecule has 1 aromatic carbocycles. The van der Waals surface area contributed by atoms with Crippen LogP contribution >= 0.6 is 0 Å². The van der Waals surface area contributed by atoms with E-state index in [0.717, 1.165) is 24.9 Å². The largest absolute Gasteiger partial charge is 0.493 e. The number of aromatic nitrogens is 2. The minimum Gasteiger partial charge on any atom is -0.493 e. The maximum atomic E-state index is 12.9. The quantitative estimate of drug-likeness (QED) is 0.785. The highest BCUT2D eigenvalue weighted by atomic mass is 16.5. The first-order valence-corrected chi connectivity index (χ1v) is 8.34. The van der Waals surface area contributed by atoms with Gasteiger partial charge in [-0.2, -0.15) is 5.10 Å². The van der Waals surface area contributed by atoms with Crippen molar-refractivity contribution in [3.05, 3.63) is 53.9 Å². The molecule has 0 fully saturated rings. The van der Waals surface area contributed by atoms with Gasteiger partial charge >= 0.3 is 0 Å². The highest BCUT2D eigenvalue weighted by Crippen LogP contribution is 2.29. The molecule has 25 heavy (non-hydrogen) atoms. The molecule has 0 atom stereocenters. The molecule has 0 saturated heterocycles. The third-order valence-electron chi connectivity index (χ3n) is 4.41. The summed E-state index contributed by atoms with van der Waals surface area (Å²) in [5.41, 5.74) is 2.92. The molecular formula is C19H23N3O3. The number of fused-ring (bicyclic) bond motifs is 1. The van der Waals surface area contributed by atoms with Crippen LogP contribution in [0.4, 0.5) is 0 Å². The second-order valence-corrected chi connectivity index (χ2v) is 6.04. The van der Waals surface area contributed by atoms with E-state index in [1.807, 2.05) is 22.8 Å². The first kappa shape index (κ1) is 17.1. The van der Waals surface area contributed by atoms with Crippen LogP contribution in [0.5, 0.6) is 11.5 Å². The van der Waals surface area contributed by atoms with Crippen LogP contribution in [0.1, 0.15) is 28.0 Å². The van der Waals surface area contributed by atoms with Crippen LogP contribution in [-0.2, 0) is 20.0 Å². The highest BCUT2D eigenvalue weighted by molar-refractivity contribution is 5.95. The summed E-state index contributed by atoms with van der Waals surface area (Å²) in [5, 5.41) is 4.31. The van der Waals surface area contributed by atoms with Gasteiger partial charge in [0, 0.05) is 37.0 Å². The summed E-state index contributed by atoms with van der Waals surface area (Å²) in [4.78, 5) is 14.8. The Morgan fingerprint density at radius 3 is 3.00 bits per heavy atom. The third kappa shape index (κ3) is 3.52. The number of nitrogens with zero attached hydrogens (tertiary/aromatic N) is 3. The van der Waals surface area contributed by atoms with E-state index in [2.05, 4.69) is 11.7 Å². The van der Waals surface area contributed by atoms with Crippen molar-refractivity contribution in [2.24, 2.45) is 7.05 Å². The molecule has 0 spiro atoms. The summed E-state index contributed by atoms with van der Waals surface area (Å²) < 4.78 is 12.8. The molecule has 132 valence electrons. The Morgan fingerprint density at radius 2 is 2.24 bits per heavy atom. The molecular weight excluding hydrogens is 318 g/mol. The van der Waals surface area contributed by atoms with Gasteiger partial charge in [-0.25, -0.2) is 0 Å². The van der Waals surface area contributed by atoms with E-state index in [4.69, 9.17) is 9.47 Å². The topological polar surface area (TPSA) is 56.6 Å². The number of ether oxygens (including phenoxy) is 2. The maximum Gasteiger partial charge on any atom is 0.254 e. The number of hydrogen-bond acceptors (Lipinski definition) is 4. The Labute approximate surface area is 147 Å². The second kappa shape index (κ2) is 7.42. The Kier molecular flexibility index (Phi) is 5.07. The molecule has 0 unspecified atom stereocenters. The molecule has 2 aromatic rings. The van der Waals surface area contributed by atoms with Crippen molar-refractivity contribution in [2.75, 3.05) is 20.3 Å². The van der Waals surface area contributed by atoms with Gasteiger partial charge in [-0.1, -0.05) is 12.7 Å². The predicted molar refractivity (Wildman–Crippen MR) is 95.0 cm³/mol. The fourth-order valence-corrected chi connectivity index (χ4v) is 3.11. The number of benzene rings is 1. The summed E-state index contributed by atoms with van der Waals surface area (Å²) in [5.74, 6) is 1.14. The zero-order valence-corrected chi connectivity index (χ0v) is 14.7. The molecule has 1 aromatic heterocycles. The highest BCUT2D eigenvalue weighted by Gasteiger charge is 2.23. The molecule has 1 aliphatic heterocycles. The number of carbonyl (C=O) groups excluding carboxylic acids is 1. The van der Waals surface area contributed by atoms with E-state index in [-0.39, 0.29) is 5.91 Å². The first-order valence-electron chi connectivity index (χ1n) is 8.34. The number of amides is 1. The van der Waals surface area contributed by atoms with Gasteiger partial charge in [0.15, 0.2) is 11.5 Å². The minimum absolute atomic E-state index is 0.00901. The minimum atomic E-state index is -0.00901. The van der Waals surface area contributed by atoms with Crippen LogP contribution < -0.4 is 9.47 Å². The fraction of sp³-hybridized carbons (Fsp3) is 0.368. The van der Waals surface area contributed by atoms with Crippen molar-refractivity contribution in [1.29, 1.82) is 0 Å². The summed E-state index contributed by atoms with van der Waals surface area (Å²) in [6, 6.07) is 5.27. The van der Waals surface area contributed by atoms with Crippen LogP contribution in [0.3, 0.4) is 0 Å². The van der Waals surface area contributed by atoms with Crippen LogP contribution in [0, 0.1) is 0 Å². The van der Waals surface area contributed by atoms with Crippen LogP contribution in [-0.4, -0.2) is 40.8 Å². The van der Waals surface area contributed by atoms with E-state index in [0.29, 0.717) is 30.2 Å². The van der Waals surface area contributed by atoms with Gasteiger partial charge in [-0.05, 0) is 31.0 Å². The van der Waals surface area contributed by atoms with Crippen molar-refractivity contribution >= 4 is 5.91 Å². The van der Waals surface area contributed by atoms with Gasteiger partial charge in [0.1, 0.15) is 6.61 Å². The second-order valence-electron chi connectivity index (χ2n) is 6.04. The predicted octanol–water partition coefficient (Wildman–Crippen LogP) is 2.58. The van der Waals surface area contributed by atoms with Crippen molar-refractivity contribution in [1.82, 2.24) is 14.7 Å². The van der Waals surface area contributed by atoms with Crippen LogP contribution in [0.25, 0.3) is 0 Å². The first-order chi connectivity index (χ1) is 12.1. The van der Waals surface area contributed by atoms with E-state index >= 15 is 0 Å². The Bertz CT molecular complexity index is 782. The SMILES string of the molecule is C=CCOc1ccc(C(=O)N2CCCc3c(cnn3C)C2)cc1OC. The summed E-state index contributed by atoms with van der Waals surface area (Å²) in [6.45, 7) is 5.33. The molecule has 2 heterocycles. The van der Waals surface area contributed by atoms with Crippen molar-refractivity contribution in [3.8, 4) is 11.5 Å². The summed E-state index contributed by atoms with van der Waals surface area (Å²) in [6.07, 6.45) is 5.39. The lowest BCUT2D eigenvalue weighted by Crippen LogP contribution is -2.30. The average Bonchev–Trinajstić information content (AvgIpc) is 2.85. The normalized spacial score (nSPS) is 13.8. The Hall–Kier alpha value is -2.76. The fourth-order valence-electron chi connectivity index (χ4n) is 3.11. The molecule has 0 saturated carbocycles. The number of aryl methyl sites for hydroxylation is 1. The lowest BCUT2D eigenvalue weighted by atomic mass is 10.1. The van der Waals surface area contributed by atoms with Gasteiger partial charge in [0.25, 0.3) is 5.91 Å². The zero-order chi connectivity index (χ0) is 17.8. The van der Waals surface area contributed by atoms with Gasteiger partial charge in [0.2, 0.25) is 0 Å². The van der Waals surface area contributed by atoms with Crippen LogP contribution in [0.15, 0.2) is 37.1 Å². The van der Waals surface area contributed by atoms with E-state index in [1.54, 1.807) is 31.4 Å². The molecule has 0 radical (unpaired) electrons. The van der Waals surface area contributed by atoms with Gasteiger partial charge in [-0.3, -0.25) is 9.48 Å². The number of methoxy groups -OCH3 is 1. The molecule has 1 aliphatic rings. The third-order valence-corrected chi connectivity index (χ3v) is 4.41. The molecule has 3 rings (SSSR count). The number of rotatable bonds is 5. The lowest BCUT2D eigenvalue weighted by molar-refractivity contribution is 0.0745. The van der Waals surface area contributed by atoms with E-state index in [1.165, 1.54) is 5.69 Å². The zero-order valence-electron chi connectivity index (χ0n) is 14.7. The standard InChI is InChI=1S/C19H23N3O3/c1-4-10-25-17-8-7-14(11-18(17)24-3)19(23)22-9-5-6-16-15(13-22)12-20-21(16)2/h4,7-8,11-12H,1,5-6,9-10,13H2,2-3H3. The molecule has 6 nitrogen and oxygen atoms in total. The molecule has 6 heteroatoms. The van der Waals surface area contributed by atoms with E-state index in [9.17, 15) is 4.79 Å². The molecule has 0 bridgehead atoms. The Balaban J connectivity index is 1.81. The molecule has 1 amide bonds. The van der Waals surface area contributed by atoms with Crippen molar-refractivity contribution < 1.29 is 14.3 Å². The van der Waals surface area contributed by atoms with Crippen LogP contribution in [0.2, 0.25) is 0 Å². The lowest BCUT2D eigenvalue weighted by Gasteiger charge is -2.21. The average molecular weight is 341 g/mol. The smallest absolute Gasteiger partial charge is 0.254 e. The molecule has 0 aliphatic carbocycles. The summed E-state index contributed by atoms with van der Waals surface area (Å²) in [7, 11) is 3.52. The maximum absolute atomic E-state index is 12.9. The van der Waals surface area contributed by atoms with Gasteiger partial charge < -0.3 is 14.4 Å². The van der Waals surface area contributed by atoms with Gasteiger partial charge in [-0.15, -0.1) is 0 Å². The van der Waals surface area contributed by atoms with Crippen molar-refractivity contribution in [3.63, 3.8) is 0 Å². The van der Waals surface area contributed by atoms with E-state index < -0.39 is 0 Å². The number of carbonyl (C=O) groups is 1.